The van der Waals surface area contributed by atoms with Crippen LogP contribution in [0.5, 0.6) is 0 Å². The van der Waals surface area contributed by atoms with Crippen molar-refractivity contribution in [3.8, 4) is 0 Å². The van der Waals surface area contributed by atoms with E-state index >= 15 is 0 Å². The van der Waals surface area contributed by atoms with Crippen LogP contribution in [0.1, 0.15) is 12.1 Å². The minimum absolute atomic E-state index is 0.596. The van der Waals surface area contributed by atoms with Gasteiger partial charge in [-0.3, -0.25) is 4.90 Å². The summed E-state index contributed by atoms with van der Waals surface area (Å²) in [5, 5.41) is 0. The molecule has 0 amide bonds. The summed E-state index contributed by atoms with van der Waals surface area (Å²) in [6, 6.07) is 3.77. The lowest BCUT2D eigenvalue weighted by Crippen LogP contribution is -2.36. The fourth-order valence-corrected chi connectivity index (χ4v) is 1.71. The molecule has 1 aromatic rings. The van der Waals surface area contributed by atoms with Crippen LogP contribution in [0.15, 0.2) is 16.6 Å². The third kappa shape index (κ3) is 2.00. The van der Waals surface area contributed by atoms with Crippen molar-refractivity contribution in [1.29, 1.82) is 0 Å². The van der Waals surface area contributed by atoms with Gasteiger partial charge in [-0.1, -0.05) is 0 Å². The maximum Gasteiger partial charge on any atom is 0.123 e. The molecule has 0 unspecified atom stereocenters. The van der Waals surface area contributed by atoms with Crippen LogP contribution in [-0.4, -0.2) is 23.0 Å². The number of anilines is 1. The number of pyridine rings is 1. The van der Waals surface area contributed by atoms with E-state index < -0.39 is 0 Å². The van der Waals surface area contributed by atoms with Crippen LogP contribution in [0, 0.1) is 0 Å². The Morgan fingerprint density at radius 2 is 2.23 bits per heavy atom. The number of likely N-dealkylation sites (tertiary alicyclic amines) is 1. The summed E-state index contributed by atoms with van der Waals surface area (Å²) in [6.45, 7) is 3.28. The van der Waals surface area contributed by atoms with Gasteiger partial charge in [0.2, 0.25) is 0 Å². The fourth-order valence-electron chi connectivity index (χ4n) is 1.36. The van der Waals surface area contributed by atoms with Crippen molar-refractivity contribution >= 4 is 21.7 Å². The molecule has 1 fully saturated rings. The number of nitrogen functional groups attached to an aromatic ring is 1. The number of hydrogen-bond acceptors (Lipinski definition) is 3. The van der Waals surface area contributed by atoms with Crippen LogP contribution in [0.4, 0.5) is 5.82 Å². The van der Waals surface area contributed by atoms with Crippen LogP contribution in [0.3, 0.4) is 0 Å². The molecule has 0 spiro atoms. The summed E-state index contributed by atoms with van der Waals surface area (Å²) < 4.78 is 1.05. The van der Waals surface area contributed by atoms with Gasteiger partial charge in [-0.05, 0) is 47.6 Å². The molecule has 2 rings (SSSR count). The highest BCUT2D eigenvalue weighted by molar-refractivity contribution is 9.10. The first-order valence-electron chi connectivity index (χ1n) is 4.39. The molecule has 0 saturated carbocycles. The zero-order valence-electron chi connectivity index (χ0n) is 7.33. The average molecular weight is 242 g/mol. The van der Waals surface area contributed by atoms with Crippen molar-refractivity contribution < 1.29 is 0 Å². The summed E-state index contributed by atoms with van der Waals surface area (Å²) in [5.74, 6) is 0.596. The molecular weight excluding hydrogens is 230 g/mol. The minimum Gasteiger partial charge on any atom is -0.384 e. The summed E-state index contributed by atoms with van der Waals surface area (Å²) >= 11 is 3.47. The Morgan fingerprint density at radius 1 is 1.46 bits per heavy atom. The van der Waals surface area contributed by atoms with Crippen molar-refractivity contribution in [2.45, 2.75) is 13.0 Å². The SMILES string of the molecule is Nc1ccc(Br)c(CN2CCC2)n1. The van der Waals surface area contributed by atoms with E-state index in [1.807, 2.05) is 12.1 Å². The van der Waals surface area contributed by atoms with E-state index in [0.717, 1.165) is 16.7 Å². The quantitative estimate of drug-likeness (QED) is 0.857. The lowest BCUT2D eigenvalue weighted by atomic mass is 10.2. The van der Waals surface area contributed by atoms with Gasteiger partial charge in [0.1, 0.15) is 5.82 Å². The lowest BCUT2D eigenvalue weighted by molar-refractivity contribution is 0.170. The number of halogens is 1. The zero-order valence-corrected chi connectivity index (χ0v) is 8.92. The monoisotopic (exact) mass is 241 g/mol. The predicted molar refractivity (Wildman–Crippen MR) is 56.2 cm³/mol. The molecule has 2 heterocycles. The van der Waals surface area contributed by atoms with Crippen LogP contribution in [0.25, 0.3) is 0 Å². The highest BCUT2D eigenvalue weighted by Gasteiger charge is 2.15. The maximum atomic E-state index is 5.61. The Balaban J connectivity index is 2.13. The number of aromatic nitrogens is 1. The Kier molecular flexibility index (Phi) is 2.51. The third-order valence-corrected chi connectivity index (χ3v) is 2.98. The average Bonchev–Trinajstić information content (AvgIpc) is 2.03. The zero-order chi connectivity index (χ0) is 9.26. The van der Waals surface area contributed by atoms with E-state index in [4.69, 9.17) is 5.73 Å². The third-order valence-electron chi connectivity index (χ3n) is 2.26. The van der Waals surface area contributed by atoms with Crippen LogP contribution in [-0.2, 0) is 6.54 Å². The Morgan fingerprint density at radius 3 is 2.85 bits per heavy atom. The largest absolute Gasteiger partial charge is 0.384 e. The highest BCUT2D eigenvalue weighted by Crippen LogP contribution is 2.19. The first kappa shape index (κ1) is 8.97. The first-order chi connectivity index (χ1) is 6.25. The molecule has 70 valence electrons. The van der Waals surface area contributed by atoms with Crippen molar-refractivity contribution in [3.05, 3.63) is 22.3 Å². The van der Waals surface area contributed by atoms with E-state index in [0.29, 0.717) is 5.82 Å². The molecule has 1 aliphatic heterocycles. The van der Waals surface area contributed by atoms with Crippen molar-refractivity contribution in [1.82, 2.24) is 9.88 Å². The molecule has 0 aromatic carbocycles. The first-order valence-corrected chi connectivity index (χ1v) is 5.18. The van der Waals surface area contributed by atoms with Gasteiger partial charge in [0.05, 0.1) is 5.69 Å². The minimum atomic E-state index is 0.596. The van der Waals surface area contributed by atoms with Gasteiger partial charge in [0, 0.05) is 11.0 Å². The smallest absolute Gasteiger partial charge is 0.123 e. The van der Waals surface area contributed by atoms with E-state index in [-0.39, 0.29) is 0 Å². The molecule has 0 bridgehead atoms. The van der Waals surface area contributed by atoms with Gasteiger partial charge in [-0.15, -0.1) is 0 Å². The number of rotatable bonds is 2. The van der Waals surface area contributed by atoms with Crippen molar-refractivity contribution in [3.63, 3.8) is 0 Å². The van der Waals surface area contributed by atoms with E-state index in [9.17, 15) is 0 Å². The van der Waals surface area contributed by atoms with Gasteiger partial charge < -0.3 is 5.73 Å². The number of hydrogen-bond donors (Lipinski definition) is 1. The Hall–Kier alpha value is -0.610. The maximum absolute atomic E-state index is 5.61. The summed E-state index contributed by atoms with van der Waals surface area (Å²) in [5.41, 5.74) is 6.65. The van der Waals surface area contributed by atoms with E-state index in [1.165, 1.54) is 19.5 Å². The molecule has 1 aliphatic rings. The molecule has 13 heavy (non-hydrogen) atoms. The van der Waals surface area contributed by atoms with Gasteiger partial charge >= 0.3 is 0 Å². The predicted octanol–water partition coefficient (Wildman–Crippen LogP) is 1.63. The second-order valence-electron chi connectivity index (χ2n) is 3.29. The summed E-state index contributed by atoms with van der Waals surface area (Å²) in [7, 11) is 0. The molecule has 3 nitrogen and oxygen atoms in total. The lowest BCUT2D eigenvalue weighted by Gasteiger charge is -2.30. The summed E-state index contributed by atoms with van der Waals surface area (Å²) in [6.07, 6.45) is 1.31. The second-order valence-corrected chi connectivity index (χ2v) is 4.15. The molecular formula is C9H12BrN3. The molecule has 0 atom stereocenters. The fraction of sp³-hybridized carbons (Fsp3) is 0.444. The van der Waals surface area contributed by atoms with Crippen LogP contribution in [0.2, 0.25) is 0 Å². The molecule has 2 N–H and O–H groups in total. The Labute approximate surface area is 86.1 Å². The summed E-state index contributed by atoms with van der Waals surface area (Å²) in [4.78, 5) is 6.64. The molecule has 4 heteroatoms. The van der Waals surface area contributed by atoms with Crippen LogP contribution >= 0.6 is 15.9 Å². The topological polar surface area (TPSA) is 42.1 Å². The highest BCUT2D eigenvalue weighted by atomic mass is 79.9. The number of nitrogens with two attached hydrogens (primary N) is 1. The van der Waals surface area contributed by atoms with Crippen LogP contribution < -0.4 is 5.73 Å². The van der Waals surface area contributed by atoms with Gasteiger partial charge in [0.25, 0.3) is 0 Å². The molecule has 0 aliphatic carbocycles. The van der Waals surface area contributed by atoms with Crippen molar-refractivity contribution in [2.75, 3.05) is 18.8 Å². The normalized spacial score (nSPS) is 17.0. The van der Waals surface area contributed by atoms with Crippen molar-refractivity contribution in [2.24, 2.45) is 0 Å². The van der Waals surface area contributed by atoms with E-state index in [1.54, 1.807) is 0 Å². The van der Waals surface area contributed by atoms with Gasteiger partial charge in [-0.2, -0.15) is 0 Å². The Bertz CT molecular complexity index is 310. The molecule has 0 radical (unpaired) electrons. The number of nitrogens with zero attached hydrogens (tertiary/aromatic N) is 2. The second kappa shape index (κ2) is 3.64. The molecule has 1 aromatic heterocycles. The van der Waals surface area contributed by atoms with E-state index in [2.05, 4.69) is 25.8 Å². The molecule has 1 saturated heterocycles. The van der Waals surface area contributed by atoms with Gasteiger partial charge in [0.15, 0.2) is 0 Å². The van der Waals surface area contributed by atoms with Gasteiger partial charge in [-0.25, -0.2) is 4.98 Å². The standard InChI is InChI=1S/C9H12BrN3/c10-7-2-3-9(11)12-8(7)6-13-4-1-5-13/h2-3H,1,4-6H2,(H2,11,12).